The zero-order chi connectivity index (χ0) is 14.7. The molecule has 0 fully saturated rings. The smallest absolute Gasteiger partial charge is 0.175 e. The lowest BCUT2D eigenvalue weighted by Crippen LogP contribution is -2.19. The lowest BCUT2D eigenvalue weighted by molar-refractivity contribution is 0.628. The van der Waals surface area contributed by atoms with Gasteiger partial charge in [-0.05, 0) is 71.0 Å². The Morgan fingerprint density at radius 1 is 1.20 bits per heavy atom. The summed E-state index contributed by atoms with van der Waals surface area (Å²) < 4.78 is 14.0. The molecule has 2 N–H and O–H groups in total. The molecule has 0 amide bonds. The molecule has 104 valence electrons. The van der Waals surface area contributed by atoms with Crippen LogP contribution in [-0.4, -0.2) is 5.11 Å². The number of benzene rings is 2. The van der Waals surface area contributed by atoms with E-state index in [1.54, 1.807) is 6.07 Å². The zero-order valence-corrected chi connectivity index (χ0v) is 13.7. The summed E-state index contributed by atoms with van der Waals surface area (Å²) in [6, 6.07) is 10.2. The third-order valence-electron chi connectivity index (χ3n) is 2.55. The molecule has 0 atom stereocenters. The maximum atomic E-state index is 13.1. The van der Waals surface area contributed by atoms with E-state index in [0.29, 0.717) is 10.8 Å². The second-order valence-electron chi connectivity index (χ2n) is 4.19. The second kappa shape index (κ2) is 6.52. The van der Waals surface area contributed by atoms with Crippen LogP contribution in [0.25, 0.3) is 0 Å². The first kappa shape index (κ1) is 15.2. The van der Waals surface area contributed by atoms with Crippen molar-refractivity contribution in [1.29, 1.82) is 0 Å². The van der Waals surface area contributed by atoms with Crippen LogP contribution in [0.15, 0.2) is 40.9 Å². The zero-order valence-electron chi connectivity index (χ0n) is 10.5. The van der Waals surface area contributed by atoms with E-state index in [-0.39, 0.29) is 5.02 Å². The van der Waals surface area contributed by atoms with Crippen molar-refractivity contribution in [2.24, 2.45) is 0 Å². The number of anilines is 2. The number of hydrogen-bond acceptors (Lipinski definition) is 1. The Kier molecular flexibility index (Phi) is 4.96. The Morgan fingerprint density at radius 3 is 2.60 bits per heavy atom. The van der Waals surface area contributed by atoms with Gasteiger partial charge in [0.1, 0.15) is 5.82 Å². The van der Waals surface area contributed by atoms with Gasteiger partial charge in [-0.2, -0.15) is 0 Å². The molecule has 20 heavy (non-hydrogen) atoms. The fraction of sp³-hybridized carbons (Fsp3) is 0.0714. The Bertz CT molecular complexity index is 664. The van der Waals surface area contributed by atoms with Gasteiger partial charge < -0.3 is 10.6 Å². The maximum Gasteiger partial charge on any atom is 0.175 e. The van der Waals surface area contributed by atoms with Gasteiger partial charge in [-0.1, -0.05) is 17.7 Å². The van der Waals surface area contributed by atoms with E-state index >= 15 is 0 Å². The number of nitrogens with one attached hydrogen (secondary N) is 2. The fourth-order valence-corrected chi connectivity index (χ4v) is 2.58. The van der Waals surface area contributed by atoms with Crippen molar-refractivity contribution in [2.45, 2.75) is 6.92 Å². The Labute approximate surface area is 135 Å². The summed E-state index contributed by atoms with van der Waals surface area (Å²) in [6.45, 7) is 2.01. The molecule has 0 aliphatic carbocycles. The number of thiocarbonyl (C=S) groups is 1. The number of hydrogen-bond donors (Lipinski definition) is 2. The first-order chi connectivity index (χ1) is 9.45. The van der Waals surface area contributed by atoms with Crippen LogP contribution in [0.1, 0.15) is 5.56 Å². The van der Waals surface area contributed by atoms with Crippen LogP contribution in [0.5, 0.6) is 0 Å². The summed E-state index contributed by atoms with van der Waals surface area (Å²) in [6.07, 6.45) is 0. The standard InChI is InChI=1S/C14H11BrClFN2S/c1-8-2-5-13(10(15)6-8)19-14(20)18-9-3-4-12(17)11(16)7-9/h2-7H,1H3,(H2,18,19,20). The van der Waals surface area contributed by atoms with Crippen LogP contribution in [0.4, 0.5) is 15.8 Å². The molecule has 2 rings (SSSR count). The molecule has 6 heteroatoms. The van der Waals surface area contributed by atoms with Gasteiger partial charge in [0, 0.05) is 10.2 Å². The Morgan fingerprint density at radius 2 is 1.95 bits per heavy atom. The lowest BCUT2D eigenvalue weighted by atomic mass is 10.2. The summed E-state index contributed by atoms with van der Waals surface area (Å²) >= 11 is 14.4. The van der Waals surface area contributed by atoms with Crippen molar-refractivity contribution in [3.63, 3.8) is 0 Å². The molecule has 2 nitrogen and oxygen atoms in total. The van der Waals surface area contributed by atoms with Crippen LogP contribution in [0.2, 0.25) is 5.02 Å². The molecule has 0 saturated heterocycles. The molecule has 0 aromatic heterocycles. The first-order valence-corrected chi connectivity index (χ1v) is 7.33. The second-order valence-corrected chi connectivity index (χ2v) is 5.86. The van der Waals surface area contributed by atoms with Crippen molar-refractivity contribution >= 4 is 56.2 Å². The summed E-state index contributed by atoms with van der Waals surface area (Å²) in [5, 5.41) is 6.46. The fourth-order valence-electron chi connectivity index (χ4n) is 1.58. The van der Waals surface area contributed by atoms with Crippen LogP contribution >= 0.6 is 39.7 Å². The summed E-state index contributed by atoms with van der Waals surface area (Å²) in [4.78, 5) is 0. The van der Waals surface area contributed by atoms with E-state index in [4.69, 9.17) is 23.8 Å². The van der Waals surface area contributed by atoms with Gasteiger partial charge in [0.15, 0.2) is 5.11 Å². The van der Waals surface area contributed by atoms with Gasteiger partial charge >= 0.3 is 0 Å². The van der Waals surface area contributed by atoms with Crippen molar-refractivity contribution in [1.82, 2.24) is 0 Å². The van der Waals surface area contributed by atoms with Gasteiger partial charge in [-0.25, -0.2) is 4.39 Å². The molecule has 0 unspecified atom stereocenters. The van der Waals surface area contributed by atoms with E-state index in [2.05, 4.69) is 26.6 Å². The molecule has 2 aromatic carbocycles. The molecule has 2 aromatic rings. The van der Waals surface area contributed by atoms with Gasteiger partial charge in [-0.3, -0.25) is 0 Å². The van der Waals surface area contributed by atoms with Gasteiger partial charge in [0.2, 0.25) is 0 Å². The molecule has 0 spiro atoms. The Balaban J connectivity index is 2.07. The molecule has 0 aliphatic heterocycles. The highest BCUT2D eigenvalue weighted by atomic mass is 79.9. The molecular formula is C14H11BrClFN2S. The SMILES string of the molecule is Cc1ccc(NC(=S)Nc2ccc(F)c(Cl)c2)c(Br)c1. The van der Waals surface area contributed by atoms with Crippen molar-refractivity contribution in [2.75, 3.05) is 10.6 Å². The van der Waals surface area contributed by atoms with Crippen molar-refractivity contribution < 1.29 is 4.39 Å². The van der Waals surface area contributed by atoms with Crippen molar-refractivity contribution in [3.05, 3.63) is 57.3 Å². The predicted molar refractivity (Wildman–Crippen MR) is 90.1 cm³/mol. The van der Waals surface area contributed by atoms with Crippen molar-refractivity contribution in [3.8, 4) is 0 Å². The molecule has 0 radical (unpaired) electrons. The minimum absolute atomic E-state index is 0.0503. The minimum atomic E-state index is -0.461. The number of aryl methyl sites for hydroxylation is 1. The van der Waals surface area contributed by atoms with E-state index in [0.717, 1.165) is 15.7 Å². The third-order valence-corrected chi connectivity index (χ3v) is 3.70. The normalized spacial score (nSPS) is 10.2. The quantitative estimate of drug-likeness (QED) is 0.693. The van der Waals surface area contributed by atoms with Crippen LogP contribution < -0.4 is 10.6 Å². The van der Waals surface area contributed by atoms with Gasteiger partial charge in [0.05, 0.1) is 10.7 Å². The molecule has 0 heterocycles. The number of rotatable bonds is 2. The summed E-state index contributed by atoms with van der Waals surface area (Å²) in [5.41, 5.74) is 2.62. The van der Waals surface area contributed by atoms with Crippen LogP contribution in [0, 0.1) is 12.7 Å². The molecule has 0 aliphatic rings. The largest absolute Gasteiger partial charge is 0.332 e. The monoisotopic (exact) mass is 372 g/mol. The van der Waals surface area contributed by atoms with Crippen LogP contribution in [-0.2, 0) is 0 Å². The highest BCUT2D eigenvalue weighted by Gasteiger charge is 2.05. The Hall–Kier alpha value is -1.17. The predicted octanol–water partition coefficient (Wildman–Crippen LogP) is 5.36. The van der Waals surface area contributed by atoms with E-state index in [9.17, 15) is 4.39 Å². The van der Waals surface area contributed by atoms with E-state index in [1.165, 1.54) is 12.1 Å². The van der Waals surface area contributed by atoms with Gasteiger partial charge in [0.25, 0.3) is 0 Å². The molecular weight excluding hydrogens is 363 g/mol. The van der Waals surface area contributed by atoms with Gasteiger partial charge in [-0.15, -0.1) is 0 Å². The minimum Gasteiger partial charge on any atom is -0.332 e. The maximum absolute atomic E-state index is 13.1. The molecule has 0 saturated carbocycles. The summed E-state index contributed by atoms with van der Waals surface area (Å²) in [5.74, 6) is -0.461. The van der Waals surface area contributed by atoms with E-state index < -0.39 is 5.82 Å². The summed E-state index contributed by atoms with van der Waals surface area (Å²) in [7, 11) is 0. The first-order valence-electron chi connectivity index (χ1n) is 5.75. The average Bonchev–Trinajstić information content (AvgIpc) is 2.37. The lowest BCUT2D eigenvalue weighted by Gasteiger charge is -2.12. The number of halogens is 3. The topological polar surface area (TPSA) is 24.1 Å². The highest BCUT2D eigenvalue weighted by Crippen LogP contribution is 2.24. The van der Waals surface area contributed by atoms with Crippen LogP contribution in [0.3, 0.4) is 0 Å². The third kappa shape index (κ3) is 3.91. The average molecular weight is 374 g/mol. The van der Waals surface area contributed by atoms with E-state index in [1.807, 2.05) is 25.1 Å². The molecule has 0 bridgehead atoms. The highest BCUT2D eigenvalue weighted by molar-refractivity contribution is 9.10.